The monoisotopic (exact) mass is 590 g/mol. The fourth-order valence-electron chi connectivity index (χ4n) is 6.29. The molecule has 8 nitrogen and oxygen atoms in total. The third-order valence-corrected chi connectivity index (χ3v) is 8.83. The predicted molar refractivity (Wildman–Crippen MR) is 172 cm³/mol. The quantitative estimate of drug-likeness (QED) is 0.162. The van der Waals surface area contributed by atoms with Gasteiger partial charge in [0, 0.05) is 28.6 Å². The molecule has 2 aliphatic carbocycles. The summed E-state index contributed by atoms with van der Waals surface area (Å²) in [6.07, 6.45) is 11.0. The van der Waals surface area contributed by atoms with Crippen LogP contribution in [-0.4, -0.2) is 39.7 Å². The zero-order valence-corrected chi connectivity index (χ0v) is 25.1. The highest BCUT2D eigenvalue weighted by Gasteiger charge is 2.45. The molecule has 0 unspecified atom stereocenters. The van der Waals surface area contributed by atoms with Gasteiger partial charge in [0.15, 0.2) is 0 Å². The molecule has 2 amide bonds. The zero-order valence-electron chi connectivity index (χ0n) is 25.1. The van der Waals surface area contributed by atoms with Crippen molar-refractivity contribution in [1.82, 2.24) is 15.1 Å². The minimum atomic E-state index is -0.967. The predicted octanol–water partition coefficient (Wildman–Crippen LogP) is 6.94. The summed E-state index contributed by atoms with van der Waals surface area (Å²) in [5, 5.41) is 12.1. The summed E-state index contributed by atoms with van der Waals surface area (Å²) in [5.41, 5.74) is 3.96. The number of anilines is 1. The largest absolute Gasteiger partial charge is 0.463 e. The van der Waals surface area contributed by atoms with Gasteiger partial charge in [-0.05, 0) is 87.1 Å². The topological polar surface area (TPSA) is 102 Å². The Morgan fingerprint density at radius 2 is 1.70 bits per heavy atom. The van der Waals surface area contributed by atoms with Crippen LogP contribution in [0.3, 0.4) is 0 Å². The van der Waals surface area contributed by atoms with E-state index in [9.17, 15) is 14.4 Å². The van der Waals surface area contributed by atoms with Crippen molar-refractivity contribution in [2.45, 2.75) is 69.7 Å². The Hall–Kier alpha value is -4.72. The van der Waals surface area contributed by atoms with Crippen molar-refractivity contribution >= 4 is 40.4 Å². The number of hydrogen-bond acceptors (Lipinski definition) is 5. The number of amides is 2. The maximum Gasteiger partial charge on any atom is 0.330 e. The number of hydrogen-bond donors (Lipinski definition) is 2. The van der Waals surface area contributed by atoms with Gasteiger partial charge in [0.2, 0.25) is 5.91 Å². The Labute approximate surface area is 257 Å². The molecule has 2 fully saturated rings. The van der Waals surface area contributed by atoms with Crippen LogP contribution in [0.25, 0.3) is 22.7 Å². The first kappa shape index (κ1) is 29.4. The molecule has 2 saturated carbocycles. The van der Waals surface area contributed by atoms with Gasteiger partial charge in [-0.2, -0.15) is 5.10 Å². The van der Waals surface area contributed by atoms with Gasteiger partial charge in [-0.3, -0.25) is 9.59 Å². The van der Waals surface area contributed by atoms with Crippen LogP contribution in [0.2, 0.25) is 0 Å². The molecule has 0 aliphatic heterocycles. The third-order valence-electron chi connectivity index (χ3n) is 8.83. The number of rotatable bonds is 9. The Morgan fingerprint density at radius 3 is 2.39 bits per heavy atom. The molecule has 0 spiro atoms. The fraction of sp³-hybridized carbons (Fsp3) is 0.333. The zero-order chi connectivity index (χ0) is 30.5. The number of benzene rings is 3. The van der Waals surface area contributed by atoms with E-state index in [-0.39, 0.29) is 11.8 Å². The van der Waals surface area contributed by atoms with Crippen LogP contribution in [0, 0.1) is 0 Å². The first-order valence-electron chi connectivity index (χ1n) is 15.6. The van der Waals surface area contributed by atoms with Crippen molar-refractivity contribution in [2.24, 2.45) is 0 Å². The second kappa shape index (κ2) is 12.9. The Morgan fingerprint density at radius 1 is 0.955 bits per heavy atom. The lowest BCUT2D eigenvalue weighted by atomic mass is 9.75. The van der Waals surface area contributed by atoms with E-state index in [4.69, 9.17) is 9.84 Å². The molecule has 4 aromatic rings. The number of esters is 1. The van der Waals surface area contributed by atoms with E-state index in [2.05, 4.69) is 27.4 Å². The van der Waals surface area contributed by atoms with Gasteiger partial charge in [0.25, 0.3) is 5.91 Å². The van der Waals surface area contributed by atoms with Gasteiger partial charge >= 0.3 is 5.97 Å². The van der Waals surface area contributed by atoms with E-state index >= 15 is 0 Å². The van der Waals surface area contributed by atoms with Crippen LogP contribution in [0.5, 0.6) is 0 Å². The number of ether oxygens (including phenoxy) is 1. The Balaban J connectivity index is 1.19. The number of carbonyl (C=O) groups is 3. The van der Waals surface area contributed by atoms with Crippen LogP contribution in [0.15, 0.2) is 78.9 Å². The molecule has 1 aromatic heterocycles. The molecule has 0 radical (unpaired) electrons. The summed E-state index contributed by atoms with van der Waals surface area (Å²) < 4.78 is 6.97. The van der Waals surface area contributed by atoms with Gasteiger partial charge in [-0.1, -0.05) is 55.7 Å². The number of carbonyl (C=O) groups excluding carboxylic acids is 3. The molecule has 2 aliphatic rings. The molecule has 1 heterocycles. The molecule has 44 heavy (non-hydrogen) atoms. The van der Waals surface area contributed by atoms with Crippen molar-refractivity contribution in [3.63, 3.8) is 0 Å². The van der Waals surface area contributed by atoms with Crippen LogP contribution < -0.4 is 10.6 Å². The Kier molecular flexibility index (Phi) is 8.59. The van der Waals surface area contributed by atoms with Crippen molar-refractivity contribution in [1.29, 1.82) is 0 Å². The van der Waals surface area contributed by atoms with Gasteiger partial charge in [-0.25, -0.2) is 9.48 Å². The molecule has 2 N–H and O–H groups in total. The van der Waals surface area contributed by atoms with Crippen molar-refractivity contribution < 1.29 is 19.1 Å². The average molecular weight is 591 g/mol. The van der Waals surface area contributed by atoms with E-state index in [1.54, 1.807) is 25.1 Å². The van der Waals surface area contributed by atoms with Crippen LogP contribution >= 0.6 is 0 Å². The lowest BCUT2D eigenvalue weighted by Gasteiger charge is -2.40. The molecule has 226 valence electrons. The third kappa shape index (κ3) is 6.16. The minimum absolute atomic E-state index is 0.235. The standard InChI is InChI=1S/C36H38N4O4/c1-2-44-32(41)21-16-25-14-18-28(19-15-25)37-35(43)36(22-9-23-36)38-34(42)27-17-20-30-31(24-27)39-40(29-12-7-4-8-13-29)33(30)26-10-5-3-6-11-26/h4,7-8,12-21,24,26H,2-3,5-6,9-11,22-23H2,1H3,(H,37,43)(H,38,42). The lowest BCUT2D eigenvalue weighted by Crippen LogP contribution is -2.61. The molecule has 3 aromatic carbocycles. The Bertz CT molecular complexity index is 1680. The molecule has 0 saturated heterocycles. The van der Waals surface area contributed by atoms with E-state index in [1.165, 1.54) is 31.0 Å². The molecule has 6 rings (SSSR count). The van der Waals surface area contributed by atoms with E-state index < -0.39 is 11.5 Å². The molecular weight excluding hydrogens is 552 g/mol. The summed E-state index contributed by atoms with van der Waals surface area (Å²) in [5.74, 6) is -0.491. The molecule has 0 bridgehead atoms. The molecule has 8 heteroatoms. The number of para-hydroxylation sites is 1. The number of nitrogens with one attached hydrogen (secondary N) is 2. The normalized spacial score (nSPS) is 16.4. The summed E-state index contributed by atoms with van der Waals surface area (Å²) >= 11 is 0. The summed E-state index contributed by atoms with van der Waals surface area (Å²) in [6, 6.07) is 23.1. The number of fused-ring (bicyclic) bond motifs is 1. The second-order valence-corrected chi connectivity index (χ2v) is 11.8. The van der Waals surface area contributed by atoms with Crippen molar-refractivity contribution in [2.75, 3.05) is 11.9 Å². The molecule has 0 atom stereocenters. The van der Waals surface area contributed by atoms with E-state index in [1.807, 2.05) is 48.5 Å². The molecular formula is C36H38N4O4. The van der Waals surface area contributed by atoms with Gasteiger partial charge in [0.1, 0.15) is 5.54 Å². The first-order valence-corrected chi connectivity index (χ1v) is 15.6. The van der Waals surface area contributed by atoms with Crippen LogP contribution in [0.1, 0.15) is 85.8 Å². The summed E-state index contributed by atoms with van der Waals surface area (Å²) in [4.78, 5) is 38.6. The van der Waals surface area contributed by atoms with Crippen LogP contribution in [-0.2, 0) is 14.3 Å². The fourth-order valence-corrected chi connectivity index (χ4v) is 6.29. The summed E-state index contributed by atoms with van der Waals surface area (Å²) in [7, 11) is 0. The van der Waals surface area contributed by atoms with E-state index in [0.717, 1.165) is 41.4 Å². The van der Waals surface area contributed by atoms with Crippen molar-refractivity contribution in [3.8, 4) is 5.69 Å². The number of aromatic nitrogens is 2. The highest BCUT2D eigenvalue weighted by molar-refractivity contribution is 6.05. The highest BCUT2D eigenvalue weighted by atomic mass is 16.5. The first-order chi connectivity index (χ1) is 21.5. The SMILES string of the molecule is CCOC(=O)C=Cc1ccc(NC(=O)C2(NC(=O)c3ccc4c(C5CCCCC5)n(-c5ccccc5)nc4c3)CCC2)cc1. The summed E-state index contributed by atoms with van der Waals surface area (Å²) in [6.45, 7) is 2.08. The smallest absolute Gasteiger partial charge is 0.330 e. The van der Waals surface area contributed by atoms with Crippen molar-refractivity contribution in [3.05, 3.63) is 95.7 Å². The van der Waals surface area contributed by atoms with Gasteiger partial charge in [-0.15, -0.1) is 0 Å². The van der Waals surface area contributed by atoms with E-state index in [0.29, 0.717) is 36.6 Å². The van der Waals surface area contributed by atoms with Crippen LogP contribution in [0.4, 0.5) is 5.69 Å². The lowest BCUT2D eigenvalue weighted by molar-refractivity contribution is -0.137. The minimum Gasteiger partial charge on any atom is -0.463 e. The number of nitrogens with zero attached hydrogens (tertiary/aromatic N) is 2. The van der Waals surface area contributed by atoms with Gasteiger partial charge < -0.3 is 15.4 Å². The average Bonchev–Trinajstić information content (AvgIpc) is 3.42. The maximum atomic E-state index is 13.6. The van der Waals surface area contributed by atoms with Gasteiger partial charge in [0.05, 0.1) is 23.5 Å². The highest BCUT2D eigenvalue weighted by Crippen LogP contribution is 2.38. The second-order valence-electron chi connectivity index (χ2n) is 11.8. The maximum absolute atomic E-state index is 13.6.